The van der Waals surface area contributed by atoms with Crippen LogP contribution in [-0.4, -0.2) is 46.5 Å². The number of benzene rings is 2. The van der Waals surface area contributed by atoms with E-state index in [9.17, 15) is 4.79 Å². The van der Waals surface area contributed by atoms with E-state index in [1.54, 1.807) is 12.4 Å². The summed E-state index contributed by atoms with van der Waals surface area (Å²) in [6.45, 7) is 4.57. The number of amides is 1. The van der Waals surface area contributed by atoms with Crippen molar-refractivity contribution in [2.24, 2.45) is 0 Å². The van der Waals surface area contributed by atoms with E-state index < -0.39 is 0 Å². The van der Waals surface area contributed by atoms with Crippen molar-refractivity contribution in [3.63, 3.8) is 0 Å². The summed E-state index contributed by atoms with van der Waals surface area (Å²) in [5.41, 5.74) is 4.18. The molecule has 1 amide bonds. The average Bonchev–Trinajstić information content (AvgIpc) is 3.16. The van der Waals surface area contributed by atoms with Gasteiger partial charge in [-0.05, 0) is 55.3 Å². The van der Waals surface area contributed by atoms with Gasteiger partial charge in [0.05, 0.1) is 28.6 Å². The summed E-state index contributed by atoms with van der Waals surface area (Å²) < 4.78 is 1.99. The summed E-state index contributed by atoms with van der Waals surface area (Å²) in [5, 5.41) is 1.10. The quantitative estimate of drug-likeness (QED) is 0.605. The number of hydrogen-bond donors (Lipinski definition) is 0. The first-order valence-electron chi connectivity index (χ1n) is 9.57. The molecule has 1 saturated heterocycles. The first-order chi connectivity index (χ1) is 14.0. The van der Waals surface area contributed by atoms with E-state index in [-0.39, 0.29) is 5.91 Å². The molecular weight excluding hydrogens is 407 g/mol. The molecular formula is C22H22Cl2N4O. The SMILES string of the molecule is Cc1cn(-c2ccc(N3CCN(CCc4ccc(Cl)c(Cl)c4)C(=O)C3)cc2)cn1. The highest BCUT2D eigenvalue weighted by Gasteiger charge is 2.23. The predicted octanol–water partition coefficient (Wildman–Crippen LogP) is 4.38. The number of piperazine rings is 1. The van der Waals surface area contributed by atoms with Gasteiger partial charge in [0.1, 0.15) is 0 Å². The van der Waals surface area contributed by atoms with Gasteiger partial charge in [0.2, 0.25) is 5.91 Å². The Hall–Kier alpha value is -2.50. The van der Waals surface area contributed by atoms with Crippen molar-refractivity contribution in [1.82, 2.24) is 14.5 Å². The molecule has 0 N–H and O–H groups in total. The average molecular weight is 429 g/mol. The Morgan fingerprint density at radius 1 is 1.00 bits per heavy atom. The summed E-state index contributed by atoms with van der Waals surface area (Å²) in [7, 11) is 0. The first kappa shape index (κ1) is 19.8. The van der Waals surface area contributed by atoms with E-state index >= 15 is 0 Å². The molecule has 0 atom stereocenters. The zero-order chi connectivity index (χ0) is 20.4. The number of imidazole rings is 1. The van der Waals surface area contributed by atoms with Crippen LogP contribution < -0.4 is 4.90 Å². The Morgan fingerprint density at radius 3 is 2.41 bits per heavy atom. The zero-order valence-corrected chi connectivity index (χ0v) is 17.7. The maximum Gasteiger partial charge on any atom is 0.242 e. The largest absolute Gasteiger partial charge is 0.360 e. The third-order valence-electron chi connectivity index (χ3n) is 5.20. The Bertz CT molecular complexity index is 1020. The smallest absolute Gasteiger partial charge is 0.242 e. The fourth-order valence-corrected chi connectivity index (χ4v) is 3.84. The maximum atomic E-state index is 12.6. The summed E-state index contributed by atoms with van der Waals surface area (Å²) in [5.74, 6) is 0.144. The van der Waals surface area contributed by atoms with E-state index in [2.05, 4.69) is 34.1 Å². The van der Waals surface area contributed by atoms with Crippen molar-refractivity contribution in [2.45, 2.75) is 13.3 Å². The van der Waals surface area contributed by atoms with Crippen LogP contribution in [0.25, 0.3) is 5.69 Å². The number of carbonyl (C=O) groups is 1. The van der Waals surface area contributed by atoms with Crippen LogP contribution in [-0.2, 0) is 11.2 Å². The Morgan fingerprint density at radius 2 is 1.76 bits per heavy atom. The number of carbonyl (C=O) groups excluding carboxylic acids is 1. The molecule has 0 spiro atoms. The Kier molecular flexibility index (Phi) is 5.79. The minimum Gasteiger partial charge on any atom is -0.360 e. The van der Waals surface area contributed by atoms with Crippen molar-refractivity contribution in [3.05, 3.63) is 76.3 Å². The zero-order valence-electron chi connectivity index (χ0n) is 16.2. The fourth-order valence-electron chi connectivity index (χ4n) is 3.52. The highest BCUT2D eigenvalue weighted by atomic mass is 35.5. The lowest BCUT2D eigenvalue weighted by Gasteiger charge is -2.35. The van der Waals surface area contributed by atoms with Crippen molar-refractivity contribution < 1.29 is 4.79 Å². The Balaban J connectivity index is 1.34. The van der Waals surface area contributed by atoms with Crippen molar-refractivity contribution in [2.75, 3.05) is 31.1 Å². The summed E-state index contributed by atoms with van der Waals surface area (Å²) in [6.07, 6.45) is 4.56. The number of aromatic nitrogens is 2. The molecule has 0 unspecified atom stereocenters. The number of hydrogen-bond acceptors (Lipinski definition) is 3. The van der Waals surface area contributed by atoms with E-state index in [1.807, 2.05) is 34.7 Å². The molecule has 3 aromatic rings. The predicted molar refractivity (Wildman–Crippen MR) is 117 cm³/mol. The number of rotatable bonds is 5. The van der Waals surface area contributed by atoms with Gasteiger partial charge >= 0.3 is 0 Å². The van der Waals surface area contributed by atoms with E-state index in [0.29, 0.717) is 29.7 Å². The summed E-state index contributed by atoms with van der Waals surface area (Å²) >= 11 is 12.0. The topological polar surface area (TPSA) is 41.4 Å². The van der Waals surface area contributed by atoms with Crippen LogP contribution in [0.3, 0.4) is 0 Å². The van der Waals surface area contributed by atoms with Crippen LogP contribution in [0, 0.1) is 6.92 Å². The second-order valence-electron chi connectivity index (χ2n) is 7.24. The number of aryl methyl sites for hydroxylation is 1. The van der Waals surface area contributed by atoms with Gasteiger partial charge in [-0.1, -0.05) is 29.3 Å². The lowest BCUT2D eigenvalue weighted by molar-refractivity contribution is -0.130. The number of anilines is 1. The van der Waals surface area contributed by atoms with Crippen LogP contribution in [0.4, 0.5) is 5.69 Å². The number of nitrogens with zero attached hydrogens (tertiary/aromatic N) is 4. The van der Waals surface area contributed by atoms with Gasteiger partial charge in [0.15, 0.2) is 0 Å². The second kappa shape index (κ2) is 8.47. The minimum atomic E-state index is 0.144. The van der Waals surface area contributed by atoms with Crippen molar-refractivity contribution in [1.29, 1.82) is 0 Å². The van der Waals surface area contributed by atoms with Crippen LogP contribution in [0.2, 0.25) is 10.0 Å². The third kappa shape index (κ3) is 4.57. The highest BCUT2D eigenvalue weighted by molar-refractivity contribution is 6.42. The first-order valence-corrected chi connectivity index (χ1v) is 10.3. The summed E-state index contributed by atoms with van der Waals surface area (Å²) in [4.78, 5) is 20.9. The van der Waals surface area contributed by atoms with Crippen LogP contribution >= 0.6 is 23.2 Å². The van der Waals surface area contributed by atoms with Gasteiger partial charge in [-0.15, -0.1) is 0 Å². The molecule has 4 rings (SSSR count). The highest BCUT2D eigenvalue weighted by Crippen LogP contribution is 2.23. The number of halogens is 2. The molecule has 7 heteroatoms. The maximum absolute atomic E-state index is 12.6. The van der Waals surface area contributed by atoms with Crippen LogP contribution in [0.1, 0.15) is 11.3 Å². The van der Waals surface area contributed by atoms with E-state index in [1.165, 1.54) is 0 Å². The van der Waals surface area contributed by atoms with Crippen molar-refractivity contribution in [3.8, 4) is 5.69 Å². The molecule has 1 aliphatic heterocycles. The van der Waals surface area contributed by atoms with Crippen molar-refractivity contribution >= 4 is 34.8 Å². The van der Waals surface area contributed by atoms with Gasteiger partial charge in [-0.3, -0.25) is 4.79 Å². The molecule has 29 heavy (non-hydrogen) atoms. The molecule has 0 saturated carbocycles. The molecule has 1 aromatic heterocycles. The molecule has 0 aliphatic carbocycles. The molecule has 2 aromatic carbocycles. The van der Waals surface area contributed by atoms with Gasteiger partial charge in [0, 0.05) is 37.2 Å². The monoisotopic (exact) mass is 428 g/mol. The summed E-state index contributed by atoms with van der Waals surface area (Å²) in [6, 6.07) is 13.8. The minimum absolute atomic E-state index is 0.144. The third-order valence-corrected chi connectivity index (χ3v) is 5.94. The normalized spacial score (nSPS) is 14.5. The lowest BCUT2D eigenvalue weighted by Crippen LogP contribution is -2.51. The van der Waals surface area contributed by atoms with Gasteiger partial charge in [-0.2, -0.15) is 0 Å². The van der Waals surface area contributed by atoms with Crippen LogP contribution in [0.15, 0.2) is 55.0 Å². The Labute approximate surface area is 180 Å². The second-order valence-corrected chi connectivity index (χ2v) is 8.05. The molecule has 0 bridgehead atoms. The molecule has 2 heterocycles. The van der Waals surface area contributed by atoms with Gasteiger partial charge in [0.25, 0.3) is 0 Å². The van der Waals surface area contributed by atoms with Gasteiger partial charge in [-0.25, -0.2) is 4.98 Å². The standard InChI is InChI=1S/C22H22Cl2N4O/c1-16-13-28(15-25-16)19-5-3-18(4-6-19)27-11-10-26(22(29)14-27)9-8-17-2-7-20(23)21(24)12-17/h2-7,12-13,15H,8-11,14H2,1H3. The molecule has 1 fully saturated rings. The molecule has 1 aliphatic rings. The van der Waals surface area contributed by atoms with E-state index in [0.717, 1.165) is 35.6 Å². The molecule has 5 nitrogen and oxygen atoms in total. The lowest BCUT2D eigenvalue weighted by atomic mass is 10.1. The molecule has 0 radical (unpaired) electrons. The fraction of sp³-hybridized carbons (Fsp3) is 0.273. The van der Waals surface area contributed by atoms with E-state index in [4.69, 9.17) is 23.2 Å². The van der Waals surface area contributed by atoms with Gasteiger partial charge < -0.3 is 14.4 Å². The molecule has 150 valence electrons. The van der Waals surface area contributed by atoms with Crippen LogP contribution in [0.5, 0.6) is 0 Å².